The van der Waals surface area contributed by atoms with Crippen molar-refractivity contribution >= 4 is 22.4 Å². The second-order valence-electron chi connectivity index (χ2n) is 7.28. The Labute approximate surface area is 155 Å². The molecule has 0 saturated carbocycles. The molecule has 2 fully saturated rings. The molecule has 2 aliphatic rings. The molecule has 1 aromatic carbocycles. The number of hydrogen-bond acceptors (Lipinski definition) is 5. The number of hydrogen-bond donors (Lipinski definition) is 0. The Hall–Kier alpha value is -2.83. The second-order valence-corrected chi connectivity index (χ2v) is 7.28. The lowest BCUT2D eigenvalue weighted by Crippen LogP contribution is -2.46. The molecule has 3 aromatic rings. The van der Waals surface area contributed by atoms with Crippen LogP contribution in [0.3, 0.4) is 0 Å². The topological polar surface area (TPSA) is 45.2 Å². The Kier molecular flexibility index (Phi) is 3.70. The minimum atomic E-state index is -2.64. The maximum Gasteiger partial charge on any atom is 0.266 e. The number of rotatable bonds is 3. The summed E-state index contributed by atoms with van der Waals surface area (Å²) in [7, 11) is 0. The quantitative estimate of drug-likeness (QED) is 0.709. The minimum Gasteiger partial charge on any atom is -0.369 e. The van der Waals surface area contributed by atoms with E-state index in [1.165, 1.54) is 0 Å². The lowest BCUT2D eigenvalue weighted by atomic mass is 9.94. The van der Waals surface area contributed by atoms with Crippen LogP contribution in [0.4, 0.5) is 20.3 Å². The van der Waals surface area contributed by atoms with E-state index in [2.05, 4.69) is 32.0 Å². The van der Waals surface area contributed by atoms with Crippen LogP contribution in [0, 0.1) is 0 Å². The van der Waals surface area contributed by atoms with E-state index in [1.807, 2.05) is 24.4 Å². The molecular weight excluding hydrogens is 348 g/mol. The summed E-state index contributed by atoms with van der Waals surface area (Å²) in [5.41, 5.74) is 2.87. The molecule has 2 aromatic heterocycles. The van der Waals surface area contributed by atoms with Gasteiger partial charge >= 0.3 is 0 Å². The highest BCUT2D eigenvalue weighted by atomic mass is 19.3. The summed E-state index contributed by atoms with van der Waals surface area (Å²) in [6, 6.07) is 10.2. The smallest absolute Gasteiger partial charge is 0.266 e. The van der Waals surface area contributed by atoms with Gasteiger partial charge in [0, 0.05) is 49.8 Å². The molecule has 0 radical (unpaired) electrons. The van der Waals surface area contributed by atoms with E-state index in [0.717, 1.165) is 35.4 Å². The summed E-state index contributed by atoms with van der Waals surface area (Å²) in [6.45, 7) is 1.62. The van der Waals surface area contributed by atoms with Gasteiger partial charge in [-0.05, 0) is 12.1 Å². The number of para-hydroxylation sites is 1. The van der Waals surface area contributed by atoms with Crippen molar-refractivity contribution in [1.82, 2.24) is 15.0 Å². The van der Waals surface area contributed by atoms with Gasteiger partial charge in [-0.25, -0.2) is 13.8 Å². The summed E-state index contributed by atoms with van der Waals surface area (Å²) in [5.74, 6) is -1.85. The van der Waals surface area contributed by atoms with E-state index in [1.54, 1.807) is 17.3 Å². The number of halogens is 2. The van der Waals surface area contributed by atoms with E-state index >= 15 is 0 Å². The van der Waals surface area contributed by atoms with Crippen molar-refractivity contribution in [2.75, 3.05) is 36.0 Å². The number of anilines is 2. The third kappa shape index (κ3) is 2.97. The van der Waals surface area contributed by atoms with Gasteiger partial charge in [-0.15, -0.1) is 0 Å². The first-order valence-electron chi connectivity index (χ1n) is 9.12. The predicted molar refractivity (Wildman–Crippen MR) is 101 cm³/mol. The molecule has 27 heavy (non-hydrogen) atoms. The zero-order valence-corrected chi connectivity index (χ0v) is 14.7. The van der Waals surface area contributed by atoms with Crippen LogP contribution in [0.1, 0.15) is 18.0 Å². The van der Waals surface area contributed by atoms with E-state index in [4.69, 9.17) is 0 Å². The van der Waals surface area contributed by atoms with Crippen LogP contribution in [0.5, 0.6) is 0 Å². The number of alkyl halides is 2. The molecule has 0 aliphatic carbocycles. The highest BCUT2D eigenvalue weighted by molar-refractivity contribution is 5.81. The monoisotopic (exact) mass is 367 g/mol. The normalized spacial score (nSPS) is 19.5. The van der Waals surface area contributed by atoms with Crippen molar-refractivity contribution in [3.05, 3.63) is 54.6 Å². The lowest BCUT2D eigenvalue weighted by molar-refractivity contribution is 0.0256. The van der Waals surface area contributed by atoms with E-state index < -0.39 is 5.92 Å². The molecule has 2 aliphatic heterocycles. The van der Waals surface area contributed by atoms with Gasteiger partial charge in [0.25, 0.3) is 5.92 Å². The highest BCUT2D eigenvalue weighted by Gasteiger charge is 2.41. The molecule has 4 heterocycles. The molecule has 0 bridgehead atoms. The first-order valence-corrected chi connectivity index (χ1v) is 9.12. The van der Waals surface area contributed by atoms with Crippen LogP contribution >= 0.6 is 0 Å². The van der Waals surface area contributed by atoms with Gasteiger partial charge in [-0.3, -0.25) is 9.97 Å². The molecule has 2 saturated heterocycles. The SMILES string of the molecule is FC1(F)CCN(c2nccnc2C2CN(c3cnc4ccccc4c3)C2)C1. The Morgan fingerprint density at radius 3 is 2.63 bits per heavy atom. The Balaban J connectivity index is 1.35. The van der Waals surface area contributed by atoms with E-state index in [-0.39, 0.29) is 18.9 Å². The van der Waals surface area contributed by atoms with Crippen molar-refractivity contribution in [2.45, 2.75) is 18.3 Å². The van der Waals surface area contributed by atoms with Crippen LogP contribution in [-0.2, 0) is 0 Å². The van der Waals surface area contributed by atoms with Gasteiger partial charge in [0.15, 0.2) is 5.82 Å². The van der Waals surface area contributed by atoms with Crippen LogP contribution in [0.2, 0.25) is 0 Å². The standard InChI is InChI=1S/C20H19F2N5/c21-20(22)5-8-26(13-20)19-18(23-6-7-24-19)15-11-27(12-15)16-9-14-3-1-2-4-17(14)25-10-16/h1-4,6-7,9-10,15H,5,8,11-13H2. The molecule has 0 spiro atoms. The summed E-state index contributed by atoms with van der Waals surface area (Å²) in [6.07, 6.45) is 4.99. The first-order chi connectivity index (χ1) is 13.1. The third-order valence-electron chi connectivity index (χ3n) is 5.38. The summed E-state index contributed by atoms with van der Waals surface area (Å²) in [4.78, 5) is 17.3. The van der Waals surface area contributed by atoms with Crippen LogP contribution in [0.25, 0.3) is 10.9 Å². The van der Waals surface area contributed by atoms with Crippen molar-refractivity contribution in [3.63, 3.8) is 0 Å². The predicted octanol–water partition coefficient (Wildman–Crippen LogP) is 3.47. The molecule has 0 N–H and O–H groups in total. The highest BCUT2D eigenvalue weighted by Crippen LogP contribution is 2.37. The molecule has 138 valence electrons. The largest absolute Gasteiger partial charge is 0.369 e. The molecule has 0 unspecified atom stereocenters. The van der Waals surface area contributed by atoms with Gasteiger partial charge < -0.3 is 9.80 Å². The zero-order chi connectivity index (χ0) is 18.4. The fourth-order valence-corrected chi connectivity index (χ4v) is 3.88. The zero-order valence-electron chi connectivity index (χ0n) is 14.7. The van der Waals surface area contributed by atoms with Crippen LogP contribution in [-0.4, -0.2) is 47.1 Å². The number of benzene rings is 1. The minimum absolute atomic E-state index is 0.122. The molecule has 5 nitrogen and oxygen atoms in total. The molecule has 7 heteroatoms. The second kappa shape index (κ2) is 6.11. The average Bonchev–Trinajstić information content (AvgIpc) is 3.00. The summed E-state index contributed by atoms with van der Waals surface area (Å²) < 4.78 is 27.2. The maximum absolute atomic E-state index is 13.6. The molecule has 0 amide bonds. The molecular formula is C20H19F2N5. The van der Waals surface area contributed by atoms with Gasteiger partial charge in [-0.2, -0.15) is 0 Å². The number of pyridine rings is 1. The summed E-state index contributed by atoms with van der Waals surface area (Å²) >= 11 is 0. The Bertz CT molecular complexity index is 987. The summed E-state index contributed by atoms with van der Waals surface area (Å²) in [5, 5.41) is 1.11. The van der Waals surface area contributed by atoms with Crippen LogP contribution < -0.4 is 9.80 Å². The van der Waals surface area contributed by atoms with Crippen LogP contribution in [0.15, 0.2) is 48.9 Å². The van der Waals surface area contributed by atoms with Gasteiger partial charge in [0.2, 0.25) is 0 Å². The number of fused-ring (bicyclic) bond motifs is 1. The average molecular weight is 367 g/mol. The Morgan fingerprint density at radius 2 is 1.81 bits per heavy atom. The number of nitrogens with zero attached hydrogens (tertiary/aromatic N) is 5. The fraction of sp³-hybridized carbons (Fsp3) is 0.350. The Morgan fingerprint density at radius 1 is 1.00 bits per heavy atom. The fourth-order valence-electron chi connectivity index (χ4n) is 3.88. The van der Waals surface area contributed by atoms with Gasteiger partial charge in [0.05, 0.1) is 29.6 Å². The number of aromatic nitrogens is 3. The lowest BCUT2D eigenvalue weighted by Gasteiger charge is -2.41. The van der Waals surface area contributed by atoms with Crippen molar-refractivity contribution in [3.8, 4) is 0 Å². The maximum atomic E-state index is 13.6. The first kappa shape index (κ1) is 16.4. The van der Waals surface area contributed by atoms with E-state index in [9.17, 15) is 8.78 Å². The molecule has 5 rings (SSSR count). The van der Waals surface area contributed by atoms with Crippen molar-refractivity contribution in [1.29, 1.82) is 0 Å². The van der Waals surface area contributed by atoms with Gasteiger partial charge in [0.1, 0.15) is 0 Å². The van der Waals surface area contributed by atoms with Gasteiger partial charge in [-0.1, -0.05) is 18.2 Å². The third-order valence-corrected chi connectivity index (χ3v) is 5.38. The van der Waals surface area contributed by atoms with Crippen molar-refractivity contribution < 1.29 is 8.78 Å². The van der Waals surface area contributed by atoms with Crippen molar-refractivity contribution in [2.24, 2.45) is 0 Å². The van der Waals surface area contributed by atoms with E-state index in [0.29, 0.717) is 12.4 Å². The molecule has 0 atom stereocenters.